The quantitative estimate of drug-likeness (QED) is 0.911. The van der Waals surface area contributed by atoms with E-state index in [1.165, 1.54) is 0 Å². The molecule has 1 fully saturated rings. The second-order valence-corrected chi connectivity index (χ2v) is 7.63. The van der Waals surface area contributed by atoms with Gasteiger partial charge in [-0.15, -0.1) is 0 Å². The molecule has 1 aliphatic rings. The summed E-state index contributed by atoms with van der Waals surface area (Å²) in [5.41, 5.74) is 0.463. The van der Waals surface area contributed by atoms with Gasteiger partial charge in [0.25, 0.3) is 5.91 Å². The van der Waals surface area contributed by atoms with Crippen molar-refractivity contribution in [1.82, 2.24) is 4.90 Å². The predicted molar refractivity (Wildman–Crippen MR) is 93.8 cm³/mol. The molecule has 1 aliphatic heterocycles. The Morgan fingerprint density at radius 1 is 1.21 bits per heavy atom. The number of piperidine rings is 1. The molecule has 1 aromatic carbocycles. The second kappa shape index (κ2) is 5.78. The molecule has 1 saturated heterocycles. The van der Waals surface area contributed by atoms with Gasteiger partial charge in [-0.05, 0) is 44.5 Å². The van der Waals surface area contributed by atoms with Crippen LogP contribution in [0, 0.1) is 12.3 Å². The van der Waals surface area contributed by atoms with E-state index in [9.17, 15) is 9.90 Å². The number of hydrogen-bond acceptors (Lipinski definition) is 3. The zero-order valence-electron chi connectivity index (χ0n) is 14.8. The lowest BCUT2D eigenvalue weighted by atomic mass is 9.71. The number of aryl methyl sites for hydroxylation is 1. The van der Waals surface area contributed by atoms with E-state index < -0.39 is 5.60 Å². The zero-order valence-corrected chi connectivity index (χ0v) is 14.8. The van der Waals surface area contributed by atoms with Gasteiger partial charge in [-0.3, -0.25) is 4.79 Å². The molecule has 4 heteroatoms. The van der Waals surface area contributed by atoms with E-state index in [0.717, 1.165) is 17.1 Å². The van der Waals surface area contributed by atoms with E-state index in [2.05, 4.69) is 0 Å². The monoisotopic (exact) mass is 327 g/mol. The van der Waals surface area contributed by atoms with Gasteiger partial charge in [-0.25, -0.2) is 0 Å². The van der Waals surface area contributed by atoms with Gasteiger partial charge < -0.3 is 14.4 Å². The Labute approximate surface area is 143 Å². The standard InChI is InChI=1S/C20H25NO3/c1-14-8-9-17(24-14)15-6-5-7-16(12-15)18(22)21-11-10-20(4,23)19(2,3)13-21/h5-9,12,23H,10-11,13H2,1-4H3/t20-/m0/s1. The van der Waals surface area contributed by atoms with Crippen LogP contribution in [0.15, 0.2) is 40.8 Å². The number of furan rings is 1. The maximum atomic E-state index is 12.9. The summed E-state index contributed by atoms with van der Waals surface area (Å²) in [5, 5.41) is 10.5. The highest BCUT2D eigenvalue weighted by Gasteiger charge is 2.45. The number of carbonyl (C=O) groups excluding carboxylic acids is 1. The molecule has 128 valence electrons. The molecule has 1 amide bonds. The lowest BCUT2D eigenvalue weighted by molar-refractivity contribution is -0.0971. The van der Waals surface area contributed by atoms with Crippen LogP contribution in [-0.2, 0) is 0 Å². The van der Waals surface area contributed by atoms with Gasteiger partial charge in [0, 0.05) is 29.6 Å². The smallest absolute Gasteiger partial charge is 0.253 e. The molecule has 3 rings (SSSR count). The lowest BCUT2D eigenvalue weighted by Crippen LogP contribution is -2.56. The van der Waals surface area contributed by atoms with Crippen molar-refractivity contribution in [2.45, 2.75) is 39.7 Å². The van der Waals surface area contributed by atoms with Gasteiger partial charge in [-0.2, -0.15) is 0 Å². The first-order valence-corrected chi connectivity index (χ1v) is 8.38. The maximum Gasteiger partial charge on any atom is 0.253 e. The van der Waals surface area contributed by atoms with Gasteiger partial charge in [0.15, 0.2) is 0 Å². The molecule has 0 spiro atoms. The lowest BCUT2D eigenvalue weighted by Gasteiger charge is -2.48. The van der Waals surface area contributed by atoms with E-state index in [1.54, 1.807) is 0 Å². The number of amides is 1. The van der Waals surface area contributed by atoms with Crippen LogP contribution >= 0.6 is 0 Å². The van der Waals surface area contributed by atoms with Gasteiger partial charge in [0.1, 0.15) is 11.5 Å². The maximum absolute atomic E-state index is 12.9. The SMILES string of the molecule is Cc1ccc(-c2cccc(C(=O)N3CC[C@](C)(O)C(C)(C)C3)c2)o1. The topological polar surface area (TPSA) is 53.7 Å². The molecule has 2 heterocycles. The number of carbonyl (C=O) groups is 1. The van der Waals surface area contributed by atoms with Gasteiger partial charge in [-0.1, -0.05) is 26.0 Å². The molecule has 0 bridgehead atoms. The van der Waals surface area contributed by atoms with Crippen LogP contribution in [0.4, 0.5) is 0 Å². The largest absolute Gasteiger partial charge is 0.461 e. The Morgan fingerprint density at radius 2 is 1.96 bits per heavy atom. The third-order valence-corrected chi connectivity index (χ3v) is 5.33. The molecule has 0 radical (unpaired) electrons. The molecule has 1 atom stereocenters. The predicted octanol–water partition coefficient (Wildman–Crippen LogP) is 3.88. The van der Waals surface area contributed by atoms with E-state index in [0.29, 0.717) is 25.1 Å². The molecule has 24 heavy (non-hydrogen) atoms. The molecule has 0 saturated carbocycles. The highest BCUT2D eigenvalue weighted by Crippen LogP contribution is 2.38. The molecule has 4 nitrogen and oxygen atoms in total. The molecule has 1 aromatic heterocycles. The van der Waals surface area contributed by atoms with Crippen molar-refractivity contribution < 1.29 is 14.3 Å². The molecule has 1 N–H and O–H groups in total. The molecule has 0 aliphatic carbocycles. The Bertz CT molecular complexity index is 758. The van der Waals surface area contributed by atoms with E-state index in [-0.39, 0.29) is 11.3 Å². The van der Waals surface area contributed by atoms with Crippen LogP contribution in [0.2, 0.25) is 0 Å². The highest BCUT2D eigenvalue weighted by atomic mass is 16.3. The second-order valence-electron chi connectivity index (χ2n) is 7.63. The normalized spacial score (nSPS) is 23.3. The summed E-state index contributed by atoms with van der Waals surface area (Å²) in [6, 6.07) is 11.4. The minimum Gasteiger partial charge on any atom is -0.461 e. The number of benzene rings is 1. The zero-order chi connectivity index (χ0) is 17.5. The summed E-state index contributed by atoms with van der Waals surface area (Å²) >= 11 is 0. The Morgan fingerprint density at radius 3 is 2.58 bits per heavy atom. The number of rotatable bonds is 2. The summed E-state index contributed by atoms with van der Waals surface area (Å²) in [6.07, 6.45) is 0.586. The Hall–Kier alpha value is -2.07. The summed E-state index contributed by atoms with van der Waals surface area (Å²) in [7, 11) is 0. The van der Waals surface area contributed by atoms with Crippen LogP contribution in [-0.4, -0.2) is 34.6 Å². The van der Waals surface area contributed by atoms with Crippen molar-refractivity contribution in [2.75, 3.05) is 13.1 Å². The van der Waals surface area contributed by atoms with Crippen molar-refractivity contribution >= 4 is 5.91 Å². The third kappa shape index (κ3) is 2.98. The van der Waals surface area contributed by atoms with Gasteiger partial charge in [0.05, 0.1) is 5.60 Å². The van der Waals surface area contributed by atoms with Crippen molar-refractivity contribution in [3.63, 3.8) is 0 Å². The Kier molecular flexibility index (Phi) is 4.04. The van der Waals surface area contributed by atoms with E-state index in [1.807, 2.05) is 69.0 Å². The first-order chi connectivity index (χ1) is 11.2. The van der Waals surface area contributed by atoms with Gasteiger partial charge in [0.2, 0.25) is 0 Å². The van der Waals surface area contributed by atoms with Crippen LogP contribution in [0.5, 0.6) is 0 Å². The van der Waals surface area contributed by atoms with Crippen LogP contribution < -0.4 is 0 Å². The first kappa shape index (κ1) is 16.8. The average molecular weight is 327 g/mol. The fourth-order valence-electron chi connectivity index (χ4n) is 3.17. The van der Waals surface area contributed by atoms with Crippen molar-refractivity contribution in [2.24, 2.45) is 5.41 Å². The van der Waals surface area contributed by atoms with Crippen LogP contribution in [0.25, 0.3) is 11.3 Å². The Balaban J connectivity index is 1.83. The number of aliphatic hydroxyl groups is 1. The van der Waals surface area contributed by atoms with Crippen LogP contribution in [0.3, 0.4) is 0 Å². The third-order valence-electron chi connectivity index (χ3n) is 5.33. The average Bonchev–Trinajstić information content (AvgIpc) is 2.96. The van der Waals surface area contributed by atoms with Crippen LogP contribution in [0.1, 0.15) is 43.3 Å². The molecule has 2 aromatic rings. The summed E-state index contributed by atoms with van der Waals surface area (Å²) in [6.45, 7) is 8.89. The molecule has 0 unspecified atom stereocenters. The summed E-state index contributed by atoms with van der Waals surface area (Å²) in [4.78, 5) is 14.7. The van der Waals surface area contributed by atoms with E-state index in [4.69, 9.17) is 4.42 Å². The summed E-state index contributed by atoms with van der Waals surface area (Å²) < 4.78 is 5.65. The van der Waals surface area contributed by atoms with Crippen molar-refractivity contribution in [3.05, 3.63) is 47.7 Å². The highest BCUT2D eigenvalue weighted by molar-refractivity contribution is 5.95. The minimum atomic E-state index is -0.753. The number of hydrogen-bond donors (Lipinski definition) is 1. The molecular weight excluding hydrogens is 302 g/mol. The van der Waals surface area contributed by atoms with Crippen molar-refractivity contribution in [1.29, 1.82) is 0 Å². The van der Waals surface area contributed by atoms with Gasteiger partial charge >= 0.3 is 0 Å². The number of nitrogens with zero attached hydrogens (tertiary/aromatic N) is 1. The fourth-order valence-corrected chi connectivity index (χ4v) is 3.17. The van der Waals surface area contributed by atoms with Crippen molar-refractivity contribution in [3.8, 4) is 11.3 Å². The summed E-state index contributed by atoms with van der Waals surface area (Å²) in [5.74, 6) is 1.62. The fraction of sp³-hybridized carbons (Fsp3) is 0.450. The number of likely N-dealkylation sites (tertiary alicyclic amines) is 1. The first-order valence-electron chi connectivity index (χ1n) is 8.38. The minimum absolute atomic E-state index is 0.00343. The van der Waals surface area contributed by atoms with E-state index >= 15 is 0 Å². The molecular formula is C20H25NO3.